The second-order valence-electron chi connectivity index (χ2n) is 4.24. The second kappa shape index (κ2) is 7.23. The third kappa shape index (κ3) is 3.86. The number of rotatable bonds is 7. The Balaban J connectivity index is 1.96. The zero-order valence-electron chi connectivity index (χ0n) is 12.0. The average molecular weight is 363 g/mol. The molecule has 7 nitrogen and oxygen atoms in total. The molecule has 2 heterocycles. The lowest BCUT2D eigenvalue weighted by atomic mass is 10.5. The lowest BCUT2D eigenvalue weighted by Crippen LogP contribution is -2.31. The molecule has 120 valence electrons. The van der Waals surface area contributed by atoms with Crippen LogP contribution in [-0.2, 0) is 10.0 Å². The first kappa shape index (κ1) is 16.9. The van der Waals surface area contributed by atoms with Crippen LogP contribution in [0.4, 0.5) is 5.82 Å². The van der Waals surface area contributed by atoms with Crippen molar-refractivity contribution in [1.82, 2.24) is 14.3 Å². The fourth-order valence-corrected chi connectivity index (χ4v) is 4.12. The zero-order valence-corrected chi connectivity index (χ0v) is 14.4. The van der Waals surface area contributed by atoms with Crippen molar-refractivity contribution in [3.63, 3.8) is 0 Å². The first-order chi connectivity index (χ1) is 10.4. The van der Waals surface area contributed by atoms with Crippen LogP contribution in [0, 0.1) is 0 Å². The number of hydrogen-bond acceptors (Lipinski definition) is 7. The highest BCUT2D eigenvalue weighted by Crippen LogP contribution is 2.21. The molecule has 1 N–H and O–H groups in total. The van der Waals surface area contributed by atoms with Gasteiger partial charge in [-0.1, -0.05) is 17.7 Å². The van der Waals surface area contributed by atoms with Crippen molar-refractivity contribution >= 4 is 38.8 Å². The number of nitrogens with one attached hydrogen (secondary N) is 1. The summed E-state index contributed by atoms with van der Waals surface area (Å²) < 4.78 is 31.0. The highest BCUT2D eigenvalue weighted by Gasteiger charge is 2.21. The van der Waals surface area contributed by atoms with Crippen LogP contribution in [-0.4, -0.2) is 49.9 Å². The molecule has 0 saturated heterocycles. The Labute approximate surface area is 138 Å². The molecular formula is C12H15ClN4O3S2. The number of anilines is 1. The monoisotopic (exact) mass is 362 g/mol. The molecule has 0 radical (unpaired) electrons. The molecule has 0 aliphatic carbocycles. The summed E-state index contributed by atoms with van der Waals surface area (Å²) in [6.07, 6.45) is 1.42. The van der Waals surface area contributed by atoms with E-state index in [0.717, 1.165) is 0 Å². The molecule has 2 aromatic heterocycles. The van der Waals surface area contributed by atoms with Crippen LogP contribution in [0.5, 0.6) is 6.01 Å². The van der Waals surface area contributed by atoms with Gasteiger partial charge < -0.3 is 10.1 Å². The van der Waals surface area contributed by atoms with Gasteiger partial charge in [-0.3, -0.25) is 0 Å². The van der Waals surface area contributed by atoms with E-state index in [1.54, 1.807) is 17.5 Å². The standard InChI is InChI=1S/C12H15ClN4O3S2/c1-17(22(18,19)10-4-3-7-21-10)6-5-14-11-9(13)8-15-12(16-11)20-2/h3-4,7-8H,5-6H2,1-2H3,(H,14,15,16). The topological polar surface area (TPSA) is 84.4 Å². The number of halogens is 1. The molecule has 22 heavy (non-hydrogen) atoms. The lowest BCUT2D eigenvalue weighted by Gasteiger charge is -2.16. The average Bonchev–Trinajstić information content (AvgIpc) is 3.04. The predicted molar refractivity (Wildman–Crippen MR) is 86.2 cm³/mol. The zero-order chi connectivity index (χ0) is 16.2. The van der Waals surface area contributed by atoms with Gasteiger partial charge in [-0.25, -0.2) is 13.4 Å². The van der Waals surface area contributed by atoms with E-state index in [0.29, 0.717) is 21.6 Å². The molecule has 2 rings (SSSR count). The van der Waals surface area contributed by atoms with Gasteiger partial charge in [0.2, 0.25) is 0 Å². The van der Waals surface area contributed by atoms with Gasteiger partial charge in [0.1, 0.15) is 9.23 Å². The highest BCUT2D eigenvalue weighted by atomic mass is 35.5. The summed E-state index contributed by atoms with van der Waals surface area (Å²) in [6.45, 7) is 0.615. The number of nitrogens with zero attached hydrogens (tertiary/aromatic N) is 3. The summed E-state index contributed by atoms with van der Waals surface area (Å²) in [6, 6.07) is 3.47. The van der Waals surface area contributed by atoms with E-state index in [1.807, 2.05) is 0 Å². The van der Waals surface area contributed by atoms with E-state index in [2.05, 4.69) is 15.3 Å². The third-order valence-electron chi connectivity index (χ3n) is 2.78. The van der Waals surface area contributed by atoms with Crippen molar-refractivity contribution in [2.75, 3.05) is 32.6 Å². The molecule has 0 aliphatic rings. The molecule has 10 heteroatoms. The van der Waals surface area contributed by atoms with Crippen LogP contribution in [0.1, 0.15) is 0 Å². The molecular weight excluding hydrogens is 348 g/mol. The number of sulfonamides is 1. The minimum atomic E-state index is -3.45. The Bertz CT molecular complexity index is 722. The Hall–Kier alpha value is -1.42. The van der Waals surface area contributed by atoms with Crippen LogP contribution >= 0.6 is 22.9 Å². The van der Waals surface area contributed by atoms with Crippen molar-refractivity contribution in [1.29, 1.82) is 0 Å². The summed E-state index contributed by atoms with van der Waals surface area (Å²) in [5, 5.41) is 5.04. The minimum absolute atomic E-state index is 0.187. The van der Waals surface area contributed by atoms with Crippen molar-refractivity contribution in [3.8, 4) is 6.01 Å². The van der Waals surface area contributed by atoms with Gasteiger partial charge in [0, 0.05) is 20.1 Å². The highest BCUT2D eigenvalue weighted by molar-refractivity contribution is 7.91. The quantitative estimate of drug-likeness (QED) is 0.810. The largest absolute Gasteiger partial charge is 0.467 e. The molecule has 0 fully saturated rings. The lowest BCUT2D eigenvalue weighted by molar-refractivity contribution is 0.380. The number of aromatic nitrogens is 2. The normalized spacial score (nSPS) is 11.6. The van der Waals surface area contributed by atoms with E-state index < -0.39 is 10.0 Å². The van der Waals surface area contributed by atoms with Crippen LogP contribution in [0.15, 0.2) is 27.9 Å². The first-order valence-electron chi connectivity index (χ1n) is 6.25. The Morgan fingerprint density at radius 2 is 2.27 bits per heavy atom. The fraction of sp³-hybridized carbons (Fsp3) is 0.333. The maximum absolute atomic E-state index is 12.2. The number of hydrogen-bond donors (Lipinski definition) is 1. The van der Waals surface area contributed by atoms with Gasteiger partial charge in [-0.15, -0.1) is 11.3 Å². The fourth-order valence-electron chi connectivity index (χ4n) is 1.59. The van der Waals surface area contributed by atoms with E-state index in [9.17, 15) is 8.42 Å². The number of ether oxygens (including phenoxy) is 1. The van der Waals surface area contributed by atoms with Crippen LogP contribution < -0.4 is 10.1 Å². The maximum atomic E-state index is 12.2. The maximum Gasteiger partial charge on any atom is 0.318 e. The van der Waals surface area contributed by atoms with Crippen molar-refractivity contribution in [2.45, 2.75) is 4.21 Å². The summed E-state index contributed by atoms with van der Waals surface area (Å²) in [4.78, 5) is 7.92. The summed E-state index contributed by atoms with van der Waals surface area (Å²) in [5.74, 6) is 0.399. The van der Waals surface area contributed by atoms with E-state index in [-0.39, 0.29) is 12.6 Å². The minimum Gasteiger partial charge on any atom is -0.467 e. The smallest absolute Gasteiger partial charge is 0.318 e. The van der Waals surface area contributed by atoms with Gasteiger partial charge in [0.05, 0.1) is 13.3 Å². The molecule has 0 amide bonds. The number of thiophene rings is 1. The van der Waals surface area contributed by atoms with Crippen LogP contribution in [0.3, 0.4) is 0 Å². The molecule has 0 atom stereocenters. The second-order valence-corrected chi connectivity index (χ2v) is 7.87. The molecule has 0 aliphatic heterocycles. The molecule has 0 unspecified atom stereocenters. The van der Waals surface area contributed by atoms with Gasteiger partial charge in [-0.2, -0.15) is 9.29 Å². The Kier molecular flexibility index (Phi) is 5.57. The SMILES string of the molecule is COc1ncc(Cl)c(NCCN(C)S(=O)(=O)c2cccs2)n1. The van der Waals surface area contributed by atoms with Crippen LogP contribution in [0.25, 0.3) is 0 Å². The third-order valence-corrected chi connectivity index (χ3v) is 6.29. The predicted octanol–water partition coefficient (Wildman–Crippen LogP) is 1.93. The summed E-state index contributed by atoms with van der Waals surface area (Å²) in [7, 11) is -0.472. The van der Waals surface area contributed by atoms with Gasteiger partial charge >= 0.3 is 6.01 Å². The van der Waals surface area contributed by atoms with Gasteiger partial charge in [0.15, 0.2) is 5.82 Å². The van der Waals surface area contributed by atoms with Crippen molar-refractivity contribution in [3.05, 3.63) is 28.7 Å². The van der Waals surface area contributed by atoms with Crippen molar-refractivity contribution < 1.29 is 13.2 Å². The van der Waals surface area contributed by atoms with E-state index >= 15 is 0 Å². The molecule has 2 aromatic rings. The van der Waals surface area contributed by atoms with E-state index in [4.69, 9.17) is 16.3 Å². The van der Waals surface area contributed by atoms with Gasteiger partial charge in [-0.05, 0) is 11.4 Å². The molecule has 0 spiro atoms. The molecule has 0 bridgehead atoms. The molecule has 0 saturated carbocycles. The molecule has 0 aromatic carbocycles. The van der Waals surface area contributed by atoms with Crippen LogP contribution in [0.2, 0.25) is 5.02 Å². The summed E-state index contributed by atoms with van der Waals surface area (Å²) >= 11 is 7.15. The number of methoxy groups -OCH3 is 1. The van der Waals surface area contributed by atoms with Crippen molar-refractivity contribution in [2.24, 2.45) is 0 Å². The number of likely N-dealkylation sites (N-methyl/N-ethyl adjacent to an activating group) is 1. The van der Waals surface area contributed by atoms with Gasteiger partial charge in [0.25, 0.3) is 10.0 Å². The Morgan fingerprint density at radius 1 is 1.50 bits per heavy atom. The first-order valence-corrected chi connectivity index (χ1v) is 8.95. The summed E-state index contributed by atoms with van der Waals surface area (Å²) in [5.41, 5.74) is 0. The Morgan fingerprint density at radius 3 is 2.91 bits per heavy atom. The van der Waals surface area contributed by atoms with E-state index in [1.165, 1.54) is 36.0 Å².